The van der Waals surface area contributed by atoms with Gasteiger partial charge in [-0.05, 0) is 25.1 Å². The molecule has 0 aliphatic rings. The predicted molar refractivity (Wildman–Crippen MR) is 63.8 cm³/mol. The van der Waals surface area contributed by atoms with E-state index in [-0.39, 0.29) is 0 Å². The van der Waals surface area contributed by atoms with Gasteiger partial charge in [0, 0.05) is 18.9 Å². The molecule has 0 fully saturated rings. The van der Waals surface area contributed by atoms with Gasteiger partial charge in [-0.3, -0.25) is 9.98 Å². The molecule has 1 aromatic rings. The van der Waals surface area contributed by atoms with Gasteiger partial charge in [0.1, 0.15) is 0 Å². The minimum atomic E-state index is 0.701. The van der Waals surface area contributed by atoms with E-state index in [9.17, 15) is 0 Å². The molecule has 0 radical (unpaired) electrons. The van der Waals surface area contributed by atoms with Crippen LogP contribution in [0, 0.1) is 0 Å². The van der Waals surface area contributed by atoms with E-state index in [0.29, 0.717) is 5.70 Å². The molecule has 1 heterocycles. The third-order valence-electron chi connectivity index (χ3n) is 1.83. The molecule has 15 heavy (non-hydrogen) atoms. The summed E-state index contributed by atoms with van der Waals surface area (Å²) in [5, 5.41) is 3.00. The minimum Gasteiger partial charge on any atom is -0.392 e. The number of pyridine rings is 1. The summed E-state index contributed by atoms with van der Waals surface area (Å²) < 4.78 is 0. The molecule has 0 saturated carbocycles. The highest BCUT2D eigenvalue weighted by molar-refractivity contribution is 5.77. The topological polar surface area (TPSA) is 37.3 Å². The van der Waals surface area contributed by atoms with E-state index in [1.54, 1.807) is 12.4 Å². The van der Waals surface area contributed by atoms with Crippen LogP contribution in [0.2, 0.25) is 0 Å². The molecular weight excluding hydrogens is 186 g/mol. The first-order valence-electron chi connectivity index (χ1n) is 4.72. The maximum atomic E-state index is 4.18. The molecule has 0 aromatic carbocycles. The van der Waals surface area contributed by atoms with Crippen molar-refractivity contribution in [2.75, 3.05) is 7.05 Å². The number of allylic oxidation sites excluding steroid dienone is 2. The number of nitrogens with zero attached hydrogens (tertiary/aromatic N) is 2. The number of aromatic nitrogens is 1. The average Bonchev–Trinajstić information content (AvgIpc) is 2.27. The maximum absolute atomic E-state index is 4.18. The summed E-state index contributed by atoms with van der Waals surface area (Å²) in [5.74, 6) is 0. The molecule has 3 nitrogen and oxygen atoms in total. The Labute approximate surface area is 90.3 Å². The Bertz CT molecular complexity index is 377. The van der Waals surface area contributed by atoms with Gasteiger partial charge in [0.15, 0.2) is 0 Å². The highest BCUT2D eigenvalue weighted by Gasteiger charge is 1.88. The Morgan fingerprint density at radius 2 is 2.33 bits per heavy atom. The summed E-state index contributed by atoms with van der Waals surface area (Å²) >= 11 is 0. The Morgan fingerprint density at radius 1 is 1.53 bits per heavy atom. The van der Waals surface area contributed by atoms with E-state index in [2.05, 4.69) is 21.9 Å². The molecule has 0 atom stereocenters. The van der Waals surface area contributed by atoms with Crippen molar-refractivity contribution in [3.8, 4) is 0 Å². The molecule has 1 rings (SSSR count). The smallest absolute Gasteiger partial charge is 0.0812 e. The van der Waals surface area contributed by atoms with Gasteiger partial charge in [-0.1, -0.05) is 12.6 Å². The van der Waals surface area contributed by atoms with Gasteiger partial charge in [-0.2, -0.15) is 0 Å². The number of nitrogens with one attached hydrogen (secondary N) is 1. The zero-order chi connectivity index (χ0) is 11.1. The minimum absolute atomic E-state index is 0.701. The van der Waals surface area contributed by atoms with Crippen molar-refractivity contribution in [3.05, 3.63) is 54.1 Å². The van der Waals surface area contributed by atoms with Gasteiger partial charge in [0.05, 0.1) is 17.6 Å². The average molecular weight is 201 g/mol. The van der Waals surface area contributed by atoms with Crippen molar-refractivity contribution in [1.29, 1.82) is 0 Å². The molecule has 0 bridgehead atoms. The molecule has 0 spiro atoms. The molecule has 0 unspecified atom stereocenters. The van der Waals surface area contributed by atoms with Crippen molar-refractivity contribution in [2.45, 2.75) is 6.92 Å². The van der Waals surface area contributed by atoms with Gasteiger partial charge < -0.3 is 5.32 Å². The predicted octanol–water partition coefficient (Wildman–Crippen LogP) is 2.14. The fourth-order valence-electron chi connectivity index (χ4n) is 0.961. The lowest BCUT2D eigenvalue weighted by molar-refractivity contribution is 0.985. The van der Waals surface area contributed by atoms with Crippen LogP contribution >= 0.6 is 0 Å². The third-order valence-corrected chi connectivity index (χ3v) is 1.83. The molecular formula is C12H15N3. The second kappa shape index (κ2) is 5.75. The Morgan fingerprint density at radius 3 is 2.93 bits per heavy atom. The number of rotatable bonds is 4. The van der Waals surface area contributed by atoms with E-state index >= 15 is 0 Å². The number of hydrogen-bond acceptors (Lipinski definition) is 3. The molecule has 0 saturated heterocycles. The SMILES string of the molecule is C=C(/C=C(\C)NC)/N=C/c1ccccn1. The molecule has 0 aliphatic heterocycles. The Hall–Kier alpha value is -1.90. The molecule has 78 valence electrons. The summed E-state index contributed by atoms with van der Waals surface area (Å²) in [6, 6.07) is 5.69. The first-order chi connectivity index (χ1) is 7.22. The fourth-order valence-corrected chi connectivity index (χ4v) is 0.961. The lowest BCUT2D eigenvalue weighted by Gasteiger charge is -1.97. The van der Waals surface area contributed by atoms with Crippen LogP contribution in [-0.2, 0) is 0 Å². The zero-order valence-electron chi connectivity index (χ0n) is 9.07. The highest BCUT2D eigenvalue weighted by atomic mass is 14.8. The fraction of sp³-hybridized carbons (Fsp3) is 0.167. The quantitative estimate of drug-likeness (QED) is 0.598. The first-order valence-corrected chi connectivity index (χ1v) is 4.72. The van der Waals surface area contributed by atoms with E-state index < -0.39 is 0 Å². The Balaban J connectivity index is 2.63. The van der Waals surface area contributed by atoms with Gasteiger partial charge in [0.2, 0.25) is 0 Å². The number of aliphatic imine (C=N–C) groups is 1. The van der Waals surface area contributed by atoms with Crippen LogP contribution in [0.25, 0.3) is 0 Å². The molecule has 0 aliphatic carbocycles. The molecule has 0 amide bonds. The summed E-state index contributed by atoms with van der Waals surface area (Å²) in [5.41, 5.74) is 2.56. The van der Waals surface area contributed by atoms with Gasteiger partial charge >= 0.3 is 0 Å². The normalized spacial score (nSPS) is 11.7. The van der Waals surface area contributed by atoms with Gasteiger partial charge in [-0.25, -0.2) is 0 Å². The van der Waals surface area contributed by atoms with Crippen molar-refractivity contribution < 1.29 is 0 Å². The Kier molecular flexibility index (Phi) is 4.29. The van der Waals surface area contributed by atoms with Gasteiger partial charge in [0.25, 0.3) is 0 Å². The third kappa shape index (κ3) is 4.22. The van der Waals surface area contributed by atoms with Crippen molar-refractivity contribution in [3.63, 3.8) is 0 Å². The summed E-state index contributed by atoms with van der Waals surface area (Å²) in [7, 11) is 1.86. The monoisotopic (exact) mass is 201 g/mol. The van der Waals surface area contributed by atoms with Crippen LogP contribution in [0.15, 0.2) is 53.4 Å². The van der Waals surface area contributed by atoms with Crippen LogP contribution in [0.4, 0.5) is 0 Å². The summed E-state index contributed by atoms with van der Waals surface area (Å²) in [6.45, 7) is 5.78. The second-order valence-electron chi connectivity index (χ2n) is 3.08. The van der Waals surface area contributed by atoms with E-state index in [1.165, 1.54) is 0 Å². The second-order valence-corrected chi connectivity index (χ2v) is 3.08. The van der Waals surface area contributed by atoms with Crippen molar-refractivity contribution >= 4 is 6.21 Å². The van der Waals surface area contributed by atoms with E-state index in [1.807, 2.05) is 38.2 Å². The maximum Gasteiger partial charge on any atom is 0.0812 e. The summed E-state index contributed by atoms with van der Waals surface area (Å²) in [6.07, 6.45) is 5.31. The largest absolute Gasteiger partial charge is 0.392 e. The van der Waals surface area contributed by atoms with Crippen LogP contribution in [0.5, 0.6) is 0 Å². The zero-order valence-corrected chi connectivity index (χ0v) is 9.07. The molecule has 1 N–H and O–H groups in total. The van der Waals surface area contributed by atoms with Crippen LogP contribution in [0.3, 0.4) is 0 Å². The molecule has 3 heteroatoms. The van der Waals surface area contributed by atoms with Crippen molar-refractivity contribution in [2.24, 2.45) is 4.99 Å². The first kappa shape index (κ1) is 11.2. The van der Waals surface area contributed by atoms with Crippen LogP contribution in [0.1, 0.15) is 12.6 Å². The standard InChI is InChI=1S/C12H15N3/c1-10(13-3)8-11(2)15-9-12-6-4-5-7-14-12/h4-9,13H,2H2,1,3H3/b10-8+,15-9+. The van der Waals surface area contributed by atoms with Crippen LogP contribution < -0.4 is 5.32 Å². The molecule has 1 aromatic heterocycles. The van der Waals surface area contributed by atoms with Crippen molar-refractivity contribution in [1.82, 2.24) is 10.3 Å². The summed E-state index contributed by atoms with van der Waals surface area (Å²) in [4.78, 5) is 8.31. The van der Waals surface area contributed by atoms with Gasteiger partial charge in [-0.15, -0.1) is 0 Å². The van der Waals surface area contributed by atoms with E-state index in [4.69, 9.17) is 0 Å². The highest BCUT2D eigenvalue weighted by Crippen LogP contribution is 1.99. The number of hydrogen-bond donors (Lipinski definition) is 1. The van der Waals surface area contributed by atoms with E-state index in [0.717, 1.165) is 11.4 Å². The lowest BCUT2D eigenvalue weighted by Crippen LogP contribution is -2.01. The van der Waals surface area contributed by atoms with Crippen LogP contribution in [-0.4, -0.2) is 18.2 Å². The lowest BCUT2D eigenvalue weighted by atomic mass is 10.3.